The van der Waals surface area contributed by atoms with Crippen LogP contribution in [0.1, 0.15) is 0 Å². The number of benzene rings is 1. The molecule has 6 nitrogen and oxygen atoms in total. The first-order valence-electron chi connectivity index (χ1n) is 5.11. The summed E-state index contributed by atoms with van der Waals surface area (Å²) in [6, 6.07) is 7.35. The maximum absolute atomic E-state index is 10.4. The fraction of sp³-hybridized carbons (Fsp3) is 0.182. The van der Waals surface area contributed by atoms with E-state index in [-0.39, 0.29) is 5.75 Å². The second kappa shape index (κ2) is 5.54. The Morgan fingerprint density at radius 1 is 1.39 bits per heavy atom. The molecule has 0 saturated carbocycles. The number of H-pyrrole nitrogens is 1. The molecule has 94 valence electrons. The highest BCUT2D eigenvalue weighted by Crippen LogP contribution is 2.21. The van der Waals surface area contributed by atoms with Gasteiger partial charge in [0, 0.05) is 5.56 Å². The van der Waals surface area contributed by atoms with Crippen molar-refractivity contribution in [2.45, 2.75) is 5.16 Å². The molecule has 1 aromatic carbocycles. The zero-order valence-electron chi connectivity index (χ0n) is 9.58. The number of hydrogen-bond acceptors (Lipinski definition) is 5. The summed E-state index contributed by atoms with van der Waals surface area (Å²) >= 11 is 1.10. The normalized spacial score (nSPS) is 10.3. The second-order valence-corrected chi connectivity index (χ2v) is 4.35. The number of aromatic amines is 1. The number of carboxylic acids is 1. The average molecular weight is 265 g/mol. The number of aliphatic carboxylic acids is 1. The SMILES string of the molecule is COc1ccc(-c2nnc(SCC(=O)O)[nH]2)cc1. The third-order valence-corrected chi connectivity index (χ3v) is 3.01. The van der Waals surface area contributed by atoms with E-state index >= 15 is 0 Å². The molecule has 0 aliphatic carbocycles. The van der Waals surface area contributed by atoms with Crippen LogP contribution in [0.3, 0.4) is 0 Å². The lowest BCUT2D eigenvalue weighted by atomic mass is 10.2. The van der Waals surface area contributed by atoms with Crippen LogP contribution in [0.5, 0.6) is 5.75 Å². The maximum Gasteiger partial charge on any atom is 0.313 e. The van der Waals surface area contributed by atoms with Crippen molar-refractivity contribution in [1.82, 2.24) is 15.2 Å². The smallest absolute Gasteiger partial charge is 0.313 e. The van der Waals surface area contributed by atoms with Crippen LogP contribution in [-0.4, -0.2) is 39.1 Å². The third kappa shape index (κ3) is 3.01. The van der Waals surface area contributed by atoms with Crippen molar-refractivity contribution in [2.24, 2.45) is 0 Å². The molecule has 2 rings (SSSR count). The first-order chi connectivity index (χ1) is 8.69. The number of rotatable bonds is 5. The zero-order valence-corrected chi connectivity index (χ0v) is 10.4. The molecule has 1 heterocycles. The Kier molecular flexibility index (Phi) is 3.83. The van der Waals surface area contributed by atoms with Crippen LogP contribution >= 0.6 is 11.8 Å². The van der Waals surface area contributed by atoms with Crippen molar-refractivity contribution in [2.75, 3.05) is 12.9 Å². The van der Waals surface area contributed by atoms with Crippen LogP contribution in [0.15, 0.2) is 29.4 Å². The van der Waals surface area contributed by atoms with Crippen molar-refractivity contribution < 1.29 is 14.6 Å². The van der Waals surface area contributed by atoms with E-state index in [1.165, 1.54) is 0 Å². The molecule has 2 aromatic rings. The highest BCUT2D eigenvalue weighted by Gasteiger charge is 2.07. The molecule has 7 heteroatoms. The number of aromatic nitrogens is 3. The molecular weight excluding hydrogens is 254 g/mol. The molecule has 0 unspecified atom stereocenters. The van der Waals surface area contributed by atoms with Crippen LogP contribution in [-0.2, 0) is 4.79 Å². The van der Waals surface area contributed by atoms with Crippen molar-refractivity contribution in [1.29, 1.82) is 0 Å². The van der Waals surface area contributed by atoms with Crippen LogP contribution in [0.4, 0.5) is 0 Å². The molecule has 0 radical (unpaired) electrons. The van der Waals surface area contributed by atoms with Gasteiger partial charge in [0.1, 0.15) is 5.75 Å². The highest BCUT2D eigenvalue weighted by atomic mass is 32.2. The molecule has 0 aliphatic rings. The topological polar surface area (TPSA) is 88.1 Å². The number of nitrogens with one attached hydrogen (secondary N) is 1. The van der Waals surface area contributed by atoms with Crippen molar-refractivity contribution in [3.05, 3.63) is 24.3 Å². The van der Waals surface area contributed by atoms with E-state index in [1.54, 1.807) is 7.11 Å². The van der Waals surface area contributed by atoms with Crippen molar-refractivity contribution >= 4 is 17.7 Å². The summed E-state index contributed by atoms with van der Waals surface area (Å²) in [6.45, 7) is 0. The van der Waals surface area contributed by atoms with Gasteiger partial charge < -0.3 is 14.8 Å². The number of carboxylic acid groups (broad SMARTS) is 1. The highest BCUT2D eigenvalue weighted by molar-refractivity contribution is 7.99. The van der Waals surface area contributed by atoms with Crippen LogP contribution in [0, 0.1) is 0 Å². The minimum Gasteiger partial charge on any atom is -0.497 e. The van der Waals surface area contributed by atoms with E-state index in [4.69, 9.17) is 9.84 Å². The van der Waals surface area contributed by atoms with Gasteiger partial charge in [-0.05, 0) is 24.3 Å². The Morgan fingerprint density at radius 3 is 2.72 bits per heavy atom. The maximum atomic E-state index is 10.4. The summed E-state index contributed by atoms with van der Waals surface area (Å²) in [5, 5.41) is 16.9. The van der Waals surface area contributed by atoms with Gasteiger partial charge in [-0.15, -0.1) is 10.2 Å². The minimum atomic E-state index is -0.887. The lowest BCUT2D eigenvalue weighted by Crippen LogP contribution is -1.97. The predicted octanol–water partition coefficient (Wildman–Crippen LogP) is 1.66. The Balaban J connectivity index is 2.10. The first-order valence-corrected chi connectivity index (χ1v) is 6.09. The van der Waals surface area contributed by atoms with Gasteiger partial charge in [0.2, 0.25) is 0 Å². The molecule has 0 atom stereocenters. The van der Waals surface area contributed by atoms with Gasteiger partial charge in [-0.2, -0.15) is 0 Å². The Bertz CT molecular complexity index is 539. The Hall–Kier alpha value is -2.02. The van der Waals surface area contributed by atoms with Gasteiger partial charge in [-0.25, -0.2) is 0 Å². The quantitative estimate of drug-likeness (QED) is 0.799. The summed E-state index contributed by atoms with van der Waals surface area (Å²) in [7, 11) is 1.60. The van der Waals surface area contributed by atoms with Gasteiger partial charge in [0.25, 0.3) is 0 Å². The van der Waals surface area contributed by atoms with Gasteiger partial charge in [0.05, 0.1) is 12.9 Å². The number of methoxy groups -OCH3 is 1. The molecular formula is C11H11N3O3S. The number of ether oxygens (including phenoxy) is 1. The van der Waals surface area contributed by atoms with Gasteiger partial charge in [-0.1, -0.05) is 11.8 Å². The summed E-state index contributed by atoms with van der Waals surface area (Å²) in [4.78, 5) is 13.4. The Morgan fingerprint density at radius 2 is 2.11 bits per heavy atom. The third-order valence-electron chi connectivity index (χ3n) is 2.16. The van der Waals surface area contributed by atoms with Gasteiger partial charge in [-0.3, -0.25) is 4.79 Å². The van der Waals surface area contributed by atoms with E-state index in [0.717, 1.165) is 23.1 Å². The van der Waals surface area contributed by atoms with E-state index in [2.05, 4.69) is 15.2 Å². The van der Waals surface area contributed by atoms with Gasteiger partial charge >= 0.3 is 5.97 Å². The molecule has 2 N–H and O–H groups in total. The lowest BCUT2D eigenvalue weighted by Gasteiger charge is -1.99. The number of carbonyl (C=O) groups is 1. The molecule has 0 bridgehead atoms. The number of hydrogen-bond donors (Lipinski definition) is 2. The first kappa shape index (κ1) is 12.4. The molecule has 18 heavy (non-hydrogen) atoms. The fourth-order valence-electron chi connectivity index (χ4n) is 1.32. The van der Waals surface area contributed by atoms with E-state index in [9.17, 15) is 4.79 Å². The monoisotopic (exact) mass is 265 g/mol. The minimum absolute atomic E-state index is 0.0444. The average Bonchev–Trinajstić information content (AvgIpc) is 2.85. The zero-order chi connectivity index (χ0) is 13.0. The van der Waals surface area contributed by atoms with Crippen LogP contribution < -0.4 is 4.74 Å². The second-order valence-electron chi connectivity index (χ2n) is 3.39. The number of nitrogens with zero attached hydrogens (tertiary/aromatic N) is 2. The molecule has 0 fully saturated rings. The molecule has 0 saturated heterocycles. The molecule has 0 amide bonds. The van der Waals surface area contributed by atoms with E-state index < -0.39 is 5.97 Å². The Labute approximate surface area is 107 Å². The molecule has 1 aromatic heterocycles. The summed E-state index contributed by atoms with van der Waals surface area (Å²) in [5.74, 6) is 0.434. The van der Waals surface area contributed by atoms with E-state index in [1.807, 2.05) is 24.3 Å². The van der Waals surface area contributed by atoms with Gasteiger partial charge in [0.15, 0.2) is 11.0 Å². The number of thioether (sulfide) groups is 1. The molecule has 0 aliphatic heterocycles. The lowest BCUT2D eigenvalue weighted by molar-refractivity contribution is -0.133. The van der Waals surface area contributed by atoms with E-state index in [0.29, 0.717) is 11.0 Å². The summed E-state index contributed by atoms with van der Waals surface area (Å²) in [6.07, 6.45) is 0. The molecule has 0 spiro atoms. The summed E-state index contributed by atoms with van der Waals surface area (Å²) < 4.78 is 5.06. The fourth-order valence-corrected chi connectivity index (χ4v) is 1.85. The van der Waals surface area contributed by atoms with Crippen LogP contribution in [0.25, 0.3) is 11.4 Å². The van der Waals surface area contributed by atoms with Crippen molar-refractivity contribution in [3.8, 4) is 17.1 Å². The largest absolute Gasteiger partial charge is 0.497 e. The van der Waals surface area contributed by atoms with Crippen LogP contribution in [0.2, 0.25) is 0 Å². The standard InChI is InChI=1S/C11H11N3O3S/c1-17-8-4-2-7(3-5-8)10-12-11(14-13-10)18-6-9(15)16/h2-5H,6H2,1H3,(H,15,16)(H,12,13,14). The predicted molar refractivity (Wildman–Crippen MR) is 66.7 cm³/mol. The summed E-state index contributed by atoms with van der Waals surface area (Å²) in [5.41, 5.74) is 0.866. The van der Waals surface area contributed by atoms with Crippen molar-refractivity contribution in [3.63, 3.8) is 0 Å².